The van der Waals surface area contributed by atoms with Crippen molar-refractivity contribution in [2.24, 2.45) is 0 Å². The van der Waals surface area contributed by atoms with E-state index in [9.17, 15) is 18.4 Å². The fourth-order valence-corrected chi connectivity index (χ4v) is 4.40. The van der Waals surface area contributed by atoms with E-state index in [4.69, 9.17) is 11.6 Å². The maximum absolute atomic E-state index is 14.0. The van der Waals surface area contributed by atoms with Crippen molar-refractivity contribution in [1.29, 1.82) is 0 Å². The summed E-state index contributed by atoms with van der Waals surface area (Å²) in [5, 5.41) is 3.24. The van der Waals surface area contributed by atoms with Crippen LogP contribution < -0.4 is 5.32 Å². The van der Waals surface area contributed by atoms with Crippen molar-refractivity contribution in [1.82, 2.24) is 10.2 Å². The summed E-state index contributed by atoms with van der Waals surface area (Å²) >= 11 is 7.30. The number of hydrogen-bond donors (Lipinski definition) is 1. The van der Waals surface area contributed by atoms with Gasteiger partial charge < -0.3 is 10.2 Å². The van der Waals surface area contributed by atoms with E-state index >= 15 is 0 Å². The highest BCUT2D eigenvalue weighted by Crippen LogP contribution is 2.25. The highest BCUT2D eigenvalue weighted by Gasteiger charge is 2.30. The van der Waals surface area contributed by atoms with Crippen molar-refractivity contribution in [3.8, 4) is 0 Å². The van der Waals surface area contributed by atoms with E-state index in [-0.39, 0.29) is 35.7 Å². The van der Waals surface area contributed by atoms with Gasteiger partial charge in [-0.05, 0) is 57.0 Å². The Morgan fingerprint density at radius 1 is 1.12 bits per heavy atom. The molecule has 0 aliphatic carbocycles. The van der Waals surface area contributed by atoms with E-state index in [1.54, 1.807) is 18.2 Å². The fraction of sp³-hybridized carbons (Fsp3) is 0.417. The maximum Gasteiger partial charge on any atom is 0.243 e. The molecule has 0 aliphatic heterocycles. The van der Waals surface area contributed by atoms with Crippen molar-refractivity contribution in [3.63, 3.8) is 0 Å². The van der Waals surface area contributed by atoms with Crippen LogP contribution in [0.1, 0.15) is 45.2 Å². The number of benzene rings is 2. The molecule has 0 saturated heterocycles. The Morgan fingerprint density at radius 2 is 1.78 bits per heavy atom. The summed E-state index contributed by atoms with van der Waals surface area (Å²) in [6, 6.07) is 9.60. The van der Waals surface area contributed by atoms with Gasteiger partial charge in [0.25, 0.3) is 0 Å². The van der Waals surface area contributed by atoms with Crippen LogP contribution in [0.4, 0.5) is 8.78 Å². The van der Waals surface area contributed by atoms with Crippen LogP contribution in [-0.2, 0) is 21.9 Å². The Labute approximate surface area is 197 Å². The van der Waals surface area contributed by atoms with Gasteiger partial charge in [0.15, 0.2) is 0 Å². The van der Waals surface area contributed by atoms with E-state index in [0.29, 0.717) is 22.6 Å². The van der Waals surface area contributed by atoms with Gasteiger partial charge in [0.2, 0.25) is 11.8 Å². The molecular formula is C24H29ClF2N2O2S. The van der Waals surface area contributed by atoms with Crippen LogP contribution >= 0.6 is 23.4 Å². The van der Waals surface area contributed by atoms with E-state index < -0.39 is 17.4 Å². The zero-order valence-electron chi connectivity index (χ0n) is 18.8. The summed E-state index contributed by atoms with van der Waals surface area (Å²) in [5.74, 6) is -1.03. The Bertz CT molecular complexity index is 912. The predicted octanol–water partition coefficient (Wildman–Crippen LogP) is 5.57. The Kier molecular flexibility index (Phi) is 9.52. The molecule has 2 aromatic carbocycles. The molecule has 0 spiro atoms. The van der Waals surface area contributed by atoms with E-state index in [0.717, 1.165) is 0 Å². The molecule has 1 atom stereocenters. The first-order valence-corrected chi connectivity index (χ1v) is 11.9. The van der Waals surface area contributed by atoms with Crippen LogP contribution in [0.2, 0.25) is 5.02 Å². The molecule has 0 saturated carbocycles. The number of nitrogens with zero attached hydrogens (tertiary/aromatic N) is 1. The average molecular weight is 483 g/mol. The molecule has 0 fully saturated rings. The molecule has 2 amide bonds. The summed E-state index contributed by atoms with van der Waals surface area (Å²) in [6.07, 6.45) is 0.415. The van der Waals surface area contributed by atoms with Gasteiger partial charge in [0.05, 0.1) is 5.75 Å². The van der Waals surface area contributed by atoms with Gasteiger partial charge in [-0.25, -0.2) is 8.78 Å². The van der Waals surface area contributed by atoms with Gasteiger partial charge in [-0.2, -0.15) is 0 Å². The monoisotopic (exact) mass is 482 g/mol. The van der Waals surface area contributed by atoms with Crippen LogP contribution in [0.5, 0.6) is 0 Å². The predicted molar refractivity (Wildman–Crippen MR) is 126 cm³/mol. The van der Waals surface area contributed by atoms with Crippen LogP contribution in [0.3, 0.4) is 0 Å². The van der Waals surface area contributed by atoms with Crippen molar-refractivity contribution >= 4 is 35.2 Å². The minimum absolute atomic E-state index is 0.0468. The standard InChI is InChI=1S/C24H29ClF2N2O2S/c1-5-21(23(31)28-24(2,3)4)29(13-16-9-11-17(26)12-10-16)22(30)15-32-14-18-19(25)7-6-8-20(18)27/h6-12,21H,5,13-15H2,1-4H3,(H,28,31). The summed E-state index contributed by atoms with van der Waals surface area (Å²) in [5.41, 5.74) is 0.601. The number of hydrogen-bond acceptors (Lipinski definition) is 3. The molecule has 8 heteroatoms. The van der Waals surface area contributed by atoms with Gasteiger partial charge in [0.1, 0.15) is 17.7 Å². The molecule has 1 N–H and O–H groups in total. The second-order valence-corrected chi connectivity index (χ2v) is 9.90. The lowest BCUT2D eigenvalue weighted by Crippen LogP contribution is -2.53. The Morgan fingerprint density at radius 3 is 2.34 bits per heavy atom. The van der Waals surface area contributed by atoms with Crippen LogP contribution in [-0.4, -0.2) is 34.0 Å². The Balaban J connectivity index is 2.18. The molecule has 0 heterocycles. The second kappa shape index (κ2) is 11.7. The smallest absolute Gasteiger partial charge is 0.243 e. The first kappa shape index (κ1) is 26.1. The molecule has 0 radical (unpaired) electrons. The van der Waals surface area contributed by atoms with Gasteiger partial charge in [-0.1, -0.05) is 36.7 Å². The Hall–Kier alpha value is -2.12. The summed E-state index contributed by atoms with van der Waals surface area (Å²) in [6.45, 7) is 7.62. The molecule has 0 bridgehead atoms. The number of carbonyl (C=O) groups is 2. The highest BCUT2D eigenvalue weighted by molar-refractivity contribution is 7.99. The van der Waals surface area contributed by atoms with Crippen LogP contribution in [0.25, 0.3) is 0 Å². The summed E-state index contributed by atoms with van der Waals surface area (Å²) in [7, 11) is 0. The topological polar surface area (TPSA) is 49.4 Å². The third kappa shape index (κ3) is 7.78. The molecule has 32 heavy (non-hydrogen) atoms. The SMILES string of the molecule is CCC(C(=O)NC(C)(C)C)N(Cc1ccc(F)cc1)C(=O)CSCc1c(F)cccc1Cl. The van der Waals surface area contributed by atoms with Crippen LogP contribution in [0, 0.1) is 11.6 Å². The minimum atomic E-state index is -0.690. The first-order valence-electron chi connectivity index (χ1n) is 10.4. The van der Waals surface area contributed by atoms with Crippen molar-refractivity contribution < 1.29 is 18.4 Å². The number of carbonyl (C=O) groups excluding carboxylic acids is 2. The van der Waals surface area contributed by atoms with Gasteiger partial charge in [0, 0.05) is 28.4 Å². The number of nitrogens with one attached hydrogen (secondary N) is 1. The number of rotatable bonds is 9. The van der Waals surface area contributed by atoms with Gasteiger partial charge in [-0.3, -0.25) is 9.59 Å². The minimum Gasteiger partial charge on any atom is -0.350 e. The van der Waals surface area contributed by atoms with Crippen molar-refractivity contribution in [2.75, 3.05) is 5.75 Å². The molecule has 0 aromatic heterocycles. The highest BCUT2D eigenvalue weighted by atomic mass is 35.5. The zero-order valence-corrected chi connectivity index (χ0v) is 20.3. The van der Waals surface area contributed by atoms with Crippen LogP contribution in [0.15, 0.2) is 42.5 Å². The number of thioether (sulfide) groups is 1. The van der Waals surface area contributed by atoms with E-state index in [1.807, 2.05) is 27.7 Å². The normalized spacial score (nSPS) is 12.3. The number of halogens is 3. The van der Waals surface area contributed by atoms with Crippen molar-refractivity contribution in [3.05, 3.63) is 70.2 Å². The van der Waals surface area contributed by atoms with Gasteiger partial charge >= 0.3 is 0 Å². The second-order valence-electron chi connectivity index (χ2n) is 8.50. The van der Waals surface area contributed by atoms with E-state index in [1.165, 1.54) is 40.9 Å². The third-order valence-electron chi connectivity index (χ3n) is 4.68. The summed E-state index contributed by atoms with van der Waals surface area (Å²) in [4.78, 5) is 27.6. The molecule has 4 nitrogen and oxygen atoms in total. The fourth-order valence-electron chi connectivity index (χ4n) is 3.15. The summed E-state index contributed by atoms with van der Waals surface area (Å²) < 4.78 is 27.3. The molecule has 2 rings (SSSR count). The molecule has 2 aromatic rings. The molecule has 0 aliphatic rings. The molecule has 1 unspecified atom stereocenters. The van der Waals surface area contributed by atoms with E-state index in [2.05, 4.69) is 5.32 Å². The molecular weight excluding hydrogens is 454 g/mol. The number of amides is 2. The third-order valence-corrected chi connectivity index (χ3v) is 5.98. The largest absolute Gasteiger partial charge is 0.350 e. The first-order chi connectivity index (χ1) is 15.0. The average Bonchev–Trinajstić information content (AvgIpc) is 2.70. The lowest BCUT2D eigenvalue weighted by molar-refractivity contribution is -0.140. The lowest BCUT2D eigenvalue weighted by atomic mass is 10.1. The molecule has 174 valence electrons. The van der Waals surface area contributed by atoms with Gasteiger partial charge in [-0.15, -0.1) is 11.8 Å². The quantitative estimate of drug-likeness (QED) is 0.508. The lowest BCUT2D eigenvalue weighted by Gasteiger charge is -2.33. The zero-order chi connectivity index (χ0) is 23.9. The van der Waals surface area contributed by atoms with Crippen molar-refractivity contribution in [2.45, 2.75) is 58.0 Å². The maximum atomic E-state index is 14.0.